The molecule has 0 aromatic rings. The van der Waals surface area contributed by atoms with E-state index >= 15 is 0 Å². The second kappa shape index (κ2) is 17.0. The molecule has 0 unspecified atom stereocenters. The van der Waals surface area contributed by atoms with E-state index in [-0.39, 0.29) is 24.9 Å². The van der Waals surface area contributed by atoms with Gasteiger partial charge in [-0.05, 0) is 44.9 Å². The van der Waals surface area contributed by atoms with Crippen LogP contribution in [-0.4, -0.2) is 30.1 Å². The van der Waals surface area contributed by atoms with E-state index in [1.165, 1.54) is 25.7 Å². The Morgan fingerprint density at radius 2 is 1.48 bits per heavy atom. The number of rotatable bonds is 16. The summed E-state index contributed by atoms with van der Waals surface area (Å²) in [5.41, 5.74) is 0. The van der Waals surface area contributed by atoms with Crippen LogP contribution in [0.15, 0.2) is 48.6 Å². The van der Waals surface area contributed by atoms with Crippen LogP contribution >= 0.6 is 0 Å². The highest BCUT2D eigenvalue weighted by Gasteiger charge is 2.40. The Morgan fingerprint density at radius 1 is 0.931 bits per heavy atom. The number of unbranched alkanes of at least 4 members (excludes halogenated alkanes) is 4. The zero-order chi connectivity index (χ0) is 21.2. The molecular weight excluding hydrogens is 364 g/mol. The van der Waals surface area contributed by atoms with Crippen molar-refractivity contribution in [3.05, 3.63) is 48.6 Å². The summed E-state index contributed by atoms with van der Waals surface area (Å²) in [5, 5.41) is 9.21. The number of esters is 1. The van der Waals surface area contributed by atoms with Gasteiger partial charge in [0.1, 0.15) is 11.7 Å². The highest BCUT2D eigenvalue weighted by molar-refractivity contribution is 6.00. The van der Waals surface area contributed by atoms with Crippen molar-refractivity contribution in [2.45, 2.75) is 71.1 Å². The first kappa shape index (κ1) is 25.1. The largest absolute Gasteiger partial charge is 0.465 e. The van der Waals surface area contributed by atoms with Gasteiger partial charge in [-0.2, -0.15) is 0 Å². The average molecular weight is 403 g/mol. The molecule has 29 heavy (non-hydrogen) atoms. The minimum Gasteiger partial charge on any atom is -0.465 e. The quantitative estimate of drug-likeness (QED) is 0.161. The molecule has 4 heteroatoms. The molecule has 1 saturated heterocycles. The number of allylic oxidation sites excluding steroid dienone is 8. The lowest BCUT2D eigenvalue weighted by atomic mass is 9.89. The van der Waals surface area contributed by atoms with Crippen LogP contribution in [0.25, 0.3) is 0 Å². The van der Waals surface area contributed by atoms with Crippen molar-refractivity contribution in [1.82, 2.24) is 0 Å². The van der Waals surface area contributed by atoms with Crippen molar-refractivity contribution < 1.29 is 19.4 Å². The van der Waals surface area contributed by atoms with Crippen molar-refractivity contribution in [3.63, 3.8) is 0 Å². The van der Waals surface area contributed by atoms with Gasteiger partial charge in [-0.3, -0.25) is 9.59 Å². The highest BCUT2D eigenvalue weighted by atomic mass is 16.5. The summed E-state index contributed by atoms with van der Waals surface area (Å²) in [5.74, 6) is -1.72. The topological polar surface area (TPSA) is 63.6 Å². The Kier molecular flexibility index (Phi) is 14.7. The molecule has 1 fully saturated rings. The number of ether oxygens (including phenoxy) is 1. The van der Waals surface area contributed by atoms with E-state index in [9.17, 15) is 14.7 Å². The monoisotopic (exact) mass is 402 g/mol. The van der Waals surface area contributed by atoms with Crippen LogP contribution in [-0.2, 0) is 14.3 Å². The molecule has 0 aromatic carbocycles. The first-order valence-electron chi connectivity index (χ1n) is 11.1. The van der Waals surface area contributed by atoms with Gasteiger partial charge in [-0.15, -0.1) is 0 Å². The molecular formula is C25H38O4. The summed E-state index contributed by atoms with van der Waals surface area (Å²) in [6.45, 7) is 2.20. The molecule has 0 spiro atoms. The molecule has 0 bridgehead atoms. The van der Waals surface area contributed by atoms with E-state index in [1.54, 1.807) is 0 Å². The molecule has 0 aromatic heterocycles. The Balaban J connectivity index is 2.02. The summed E-state index contributed by atoms with van der Waals surface area (Å²) < 4.78 is 4.88. The number of hydrogen-bond acceptors (Lipinski definition) is 4. The van der Waals surface area contributed by atoms with Gasteiger partial charge in [0.15, 0.2) is 0 Å². The minimum atomic E-state index is -0.767. The van der Waals surface area contributed by atoms with Crippen LogP contribution < -0.4 is 0 Å². The summed E-state index contributed by atoms with van der Waals surface area (Å²) in [6, 6.07) is 0. The SMILES string of the molecule is CCCCC/C=C\C/C=C\C/C=C\C/C=C\CCCC(=O)[C@H]1C(=O)OC[C@@H]1CO. The maximum absolute atomic E-state index is 12.1. The third kappa shape index (κ3) is 11.6. The molecule has 1 aliphatic heterocycles. The number of aliphatic hydroxyl groups is 1. The van der Waals surface area contributed by atoms with E-state index in [4.69, 9.17) is 4.74 Å². The van der Waals surface area contributed by atoms with Gasteiger partial charge in [-0.25, -0.2) is 0 Å². The van der Waals surface area contributed by atoms with Crippen LogP contribution in [0.3, 0.4) is 0 Å². The smallest absolute Gasteiger partial charge is 0.316 e. The van der Waals surface area contributed by atoms with E-state index in [1.807, 2.05) is 0 Å². The first-order valence-corrected chi connectivity index (χ1v) is 11.1. The predicted octanol–water partition coefficient (Wildman–Crippen LogP) is 5.48. The molecule has 1 heterocycles. The zero-order valence-electron chi connectivity index (χ0n) is 17.9. The molecule has 1 N–H and O–H groups in total. The highest BCUT2D eigenvalue weighted by Crippen LogP contribution is 2.24. The predicted molar refractivity (Wildman–Crippen MR) is 118 cm³/mol. The van der Waals surface area contributed by atoms with Crippen LogP contribution in [0.1, 0.15) is 71.1 Å². The van der Waals surface area contributed by atoms with Crippen molar-refractivity contribution in [3.8, 4) is 0 Å². The second-order valence-corrected chi connectivity index (χ2v) is 7.50. The van der Waals surface area contributed by atoms with Gasteiger partial charge in [0.05, 0.1) is 13.2 Å². The molecule has 0 radical (unpaired) electrons. The van der Waals surface area contributed by atoms with Crippen molar-refractivity contribution >= 4 is 11.8 Å². The van der Waals surface area contributed by atoms with Crippen molar-refractivity contribution in [2.24, 2.45) is 11.8 Å². The van der Waals surface area contributed by atoms with Gasteiger partial charge >= 0.3 is 5.97 Å². The van der Waals surface area contributed by atoms with E-state index in [2.05, 4.69) is 55.5 Å². The normalized spacial score (nSPS) is 20.0. The number of cyclic esters (lactones) is 1. The maximum Gasteiger partial charge on any atom is 0.316 e. The third-order valence-electron chi connectivity index (χ3n) is 5.00. The van der Waals surface area contributed by atoms with Gasteiger partial charge in [-0.1, -0.05) is 68.4 Å². The molecule has 0 saturated carbocycles. The summed E-state index contributed by atoms with van der Waals surface area (Å²) in [4.78, 5) is 23.7. The first-order chi connectivity index (χ1) is 14.2. The number of aliphatic hydroxyl groups excluding tert-OH is 1. The van der Waals surface area contributed by atoms with Crippen molar-refractivity contribution in [1.29, 1.82) is 0 Å². The summed E-state index contributed by atoms with van der Waals surface area (Å²) >= 11 is 0. The van der Waals surface area contributed by atoms with Crippen LogP contribution in [0, 0.1) is 11.8 Å². The third-order valence-corrected chi connectivity index (χ3v) is 5.00. The van der Waals surface area contributed by atoms with E-state index < -0.39 is 11.9 Å². The Labute approximate surface area is 176 Å². The van der Waals surface area contributed by atoms with Crippen LogP contribution in [0.4, 0.5) is 0 Å². The second-order valence-electron chi connectivity index (χ2n) is 7.50. The summed E-state index contributed by atoms with van der Waals surface area (Å²) in [6.07, 6.45) is 27.2. The fourth-order valence-electron chi connectivity index (χ4n) is 3.23. The number of carbonyl (C=O) groups is 2. The molecule has 4 nitrogen and oxygen atoms in total. The maximum atomic E-state index is 12.1. The number of Topliss-reactive ketones (excluding diaryl/α,β-unsaturated/α-hetero) is 1. The fourth-order valence-corrected chi connectivity index (χ4v) is 3.23. The Morgan fingerprint density at radius 3 is 2.03 bits per heavy atom. The molecule has 162 valence electrons. The summed E-state index contributed by atoms with van der Waals surface area (Å²) in [7, 11) is 0. The lowest BCUT2D eigenvalue weighted by molar-refractivity contribution is -0.144. The number of hydrogen-bond donors (Lipinski definition) is 1. The van der Waals surface area contributed by atoms with Gasteiger partial charge in [0.25, 0.3) is 0 Å². The van der Waals surface area contributed by atoms with E-state index in [0.717, 1.165) is 32.1 Å². The lowest BCUT2D eigenvalue weighted by Crippen LogP contribution is -2.27. The Hall–Kier alpha value is -1.94. The number of ketones is 1. The lowest BCUT2D eigenvalue weighted by Gasteiger charge is -2.10. The zero-order valence-corrected chi connectivity index (χ0v) is 17.9. The van der Waals surface area contributed by atoms with Gasteiger partial charge in [0.2, 0.25) is 0 Å². The van der Waals surface area contributed by atoms with Gasteiger partial charge < -0.3 is 9.84 Å². The Bertz CT molecular complexity index is 571. The van der Waals surface area contributed by atoms with Crippen molar-refractivity contribution in [2.75, 3.05) is 13.2 Å². The standard InChI is InChI=1S/C25H38O4/c1-2-3-4-5-6-7-8-9-10-11-12-13-14-15-16-17-18-19-23(27)24-22(20-26)21-29-25(24)28/h6-7,9-10,12-13,15-16,22,24,26H,2-5,8,11,14,17-21H2,1H3/b7-6-,10-9-,13-12-,16-15-/t22-,24-/m0/s1. The molecule has 0 aliphatic carbocycles. The molecule has 1 aliphatic rings. The average Bonchev–Trinajstić information content (AvgIpc) is 3.10. The number of carbonyl (C=O) groups excluding carboxylic acids is 2. The molecule has 1 rings (SSSR count). The molecule has 2 atom stereocenters. The minimum absolute atomic E-state index is 0.109. The van der Waals surface area contributed by atoms with Crippen LogP contribution in [0.5, 0.6) is 0 Å². The van der Waals surface area contributed by atoms with Gasteiger partial charge in [0, 0.05) is 12.3 Å². The molecule has 0 amide bonds. The van der Waals surface area contributed by atoms with E-state index in [0.29, 0.717) is 6.42 Å². The fraction of sp³-hybridized carbons (Fsp3) is 0.600. The van der Waals surface area contributed by atoms with Crippen LogP contribution in [0.2, 0.25) is 0 Å².